The molecule has 200 valence electrons. The summed E-state index contributed by atoms with van der Waals surface area (Å²) in [5.74, 6) is 1.02. The number of nitrogens with zero attached hydrogens (tertiary/aromatic N) is 2. The number of hydrogen-bond donors (Lipinski definition) is 0. The first-order valence-corrected chi connectivity index (χ1v) is 14.3. The Balaban J connectivity index is 1.56. The van der Waals surface area contributed by atoms with E-state index in [1.165, 1.54) is 19.1 Å². The fourth-order valence-electron chi connectivity index (χ4n) is 4.58. The number of benzene rings is 2. The third-order valence-corrected chi connectivity index (χ3v) is 8.39. The molecule has 2 heterocycles. The van der Waals surface area contributed by atoms with Gasteiger partial charge >= 0.3 is 0 Å². The first-order chi connectivity index (χ1) is 17.6. The number of oxazole rings is 1. The van der Waals surface area contributed by atoms with E-state index >= 15 is 0 Å². The average molecular weight is 533 g/mol. The van der Waals surface area contributed by atoms with E-state index in [2.05, 4.69) is 4.98 Å². The molecule has 1 atom stereocenters. The summed E-state index contributed by atoms with van der Waals surface area (Å²) in [6, 6.07) is 6.41. The van der Waals surface area contributed by atoms with Crippen molar-refractivity contribution in [3.8, 4) is 11.5 Å². The van der Waals surface area contributed by atoms with Gasteiger partial charge in [0.25, 0.3) is 0 Å². The number of ether oxygens (including phenoxy) is 2. The zero-order valence-corrected chi connectivity index (χ0v) is 22.5. The number of halogens is 1. The smallest absolute Gasteiger partial charge is 0.207 e. The van der Waals surface area contributed by atoms with Gasteiger partial charge in [0.05, 0.1) is 23.7 Å². The third kappa shape index (κ3) is 6.30. The Hall–Kier alpha value is -2.98. The van der Waals surface area contributed by atoms with Crippen LogP contribution in [0.2, 0.25) is 0 Å². The number of aromatic nitrogens is 1. The zero-order valence-electron chi connectivity index (χ0n) is 21.7. The van der Waals surface area contributed by atoms with Gasteiger partial charge in [-0.25, -0.2) is 17.8 Å². The second-order valence-corrected chi connectivity index (χ2v) is 11.9. The van der Waals surface area contributed by atoms with Gasteiger partial charge in [0.2, 0.25) is 11.3 Å². The van der Waals surface area contributed by atoms with Crippen molar-refractivity contribution in [3.05, 3.63) is 52.7 Å². The van der Waals surface area contributed by atoms with Crippen LogP contribution in [0.1, 0.15) is 53.6 Å². The van der Waals surface area contributed by atoms with Crippen LogP contribution in [0.5, 0.6) is 11.5 Å². The topological polar surface area (TPSA) is 98.9 Å². The molecule has 3 aromatic rings. The molecule has 0 radical (unpaired) electrons. The Kier molecular flexibility index (Phi) is 8.18. The molecule has 1 aliphatic rings. The quantitative estimate of drug-likeness (QED) is 0.353. The van der Waals surface area contributed by atoms with E-state index < -0.39 is 9.84 Å². The van der Waals surface area contributed by atoms with Crippen LogP contribution in [0, 0.1) is 19.7 Å². The van der Waals surface area contributed by atoms with Gasteiger partial charge < -0.3 is 13.9 Å². The van der Waals surface area contributed by atoms with Crippen molar-refractivity contribution in [1.82, 2.24) is 9.88 Å². The molecule has 1 fully saturated rings. The number of carbonyl (C=O) groups excluding carboxylic acids is 1. The molecule has 0 bridgehead atoms. The Bertz CT molecular complexity index is 1370. The molecule has 1 aromatic heterocycles. The van der Waals surface area contributed by atoms with Gasteiger partial charge in [-0.1, -0.05) is 19.1 Å². The van der Waals surface area contributed by atoms with Gasteiger partial charge in [-0.15, -0.1) is 0 Å². The minimum absolute atomic E-state index is 0.116. The Morgan fingerprint density at radius 1 is 1.11 bits per heavy atom. The highest BCUT2D eigenvalue weighted by molar-refractivity contribution is 7.91. The van der Waals surface area contributed by atoms with Crippen molar-refractivity contribution in [1.29, 1.82) is 0 Å². The molecule has 0 N–H and O–H groups in total. The Morgan fingerprint density at radius 2 is 1.76 bits per heavy atom. The summed E-state index contributed by atoms with van der Waals surface area (Å²) >= 11 is 0. The lowest BCUT2D eigenvalue weighted by Gasteiger charge is -2.26. The largest absolute Gasteiger partial charge is 0.487 e. The van der Waals surface area contributed by atoms with Crippen LogP contribution in [0.3, 0.4) is 0 Å². The van der Waals surface area contributed by atoms with Gasteiger partial charge in [-0.3, -0.25) is 9.69 Å². The summed E-state index contributed by atoms with van der Waals surface area (Å²) in [4.78, 5) is 19.2. The molecule has 37 heavy (non-hydrogen) atoms. The van der Waals surface area contributed by atoms with Gasteiger partial charge in [0.15, 0.2) is 27.3 Å². The number of ketones is 1. The highest BCUT2D eigenvalue weighted by Crippen LogP contribution is 2.43. The first kappa shape index (κ1) is 27.1. The number of Topliss-reactive ketones (excluding diaryl/α,β-unsaturated/α-hetero) is 1. The standard InChI is InChI=1S/C27H33FN2O6S/c1-17(21-5-7-22(28)8-6-21)9-13-34-27-25(35-14-10-30-11-15-37(32,33)16-12-30)23(19(3)31)18(2)24-26(27)36-20(4)29-24/h5-8,17H,9-16H2,1-4H3. The van der Waals surface area contributed by atoms with E-state index in [-0.39, 0.29) is 35.6 Å². The molecule has 10 heteroatoms. The number of carbonyl (C=O) groups is 1. The highest BCUT2D eigenvalue weighted by Gasteiger charge is 2.27. The van der Waals surface area contributed by atoms with Gasteiger partial charge in [0, 0.05) is 26.6 Å². The molecule has 0 saturated carbocycles. The summed E-state index contributed by atoms with van der Waals surface area (Å²) in [6.45, 7) is 9.04. The lowest BCUT2D eigenvalue weighted by molar-refractivity contribution is 0.101. The lowest BCUT2D eigenvalue weighted by atomic mass is 9.98. The second kappa shape index (κ2) is 11.2. The minimum Gasteiger partial charge on any atom is -0.487 e. The fraction of sp³-hybridized carbons (Fsp3) is 0.481. The first-order valence-electron chi connectivity index (χ1n) is 12.4. The summed E-state index contributed by atoms with van der Waals surface area (Å²) in [5, 5.41) is 0. The van der Waals surface area contributed by atoms with E-state index in [1.54, 1.807) is 19.1 Å². The van der Waals surface area contributed by atoms with Crippen molar-refractivity contribution in [2.24, 2.45) is 0 Å². The lowest BCUT2D eigenvalue weighted by Crippen LogP contribution is -2.42. The molecule has 2 aromatic carbocycles. The van der Waals surface area contributed by atoms with Crippen LogP contribution in [-0.4, -0.2) is 68.4 Å². The number of sulfone groups is 1. The van der Waals surface area contributed by atoms with E-state index in [4.69, 9.17) is 13.9 Å². The minimum atomic E-state index is -2.97. The maximum Gasteiger partial charge on any atom is 0.207 e. The highest BCUT2D eigenvalue weighted by atomic mass is 32.2. The number of hydrogen-bond acceptors (Lipinski definition) is 8. The molecule has 0 spiro atoms. The molecular formula is C27H33FN2O6S. The van der Waals surface area contributed by atoms with Crippen molar-refractivity contribution in [2.45, 2.75) is 40.0 Å². The van der Waals surface area contributed by atoms with Gasteiger partial charge in [-0.2, -0.15) is 0 Å². The average Bonchev–Trinajstić information content (AvgIpc) is 3.24. The fourth-order valence-corrected chi connectivity index (χ4v) is 5.86. The summed E-state index contributed by atoms with van der Waals surface area (Å²) in [7, 11) is -2.97. The number of fused-ring (bicyclic) bond motifs is 1. The summed E-state index contributed by atoms with van der Waals surface area (Å²) < 4.78 is 55.0. The molecule has 1 saturated heterocycles. The van der Waals surface area contributed by atoms with Crippen molar-refractivity contribution >= 4 is 26.7 Å². The molecule has 8 nitrogen and oxygen atoms in total. The summed E-state index contributed by atoms with van der Waals surface area (Å²) in [5.41, 5.74) is 3.03. The second-order valence-electron chi connectivity index (χ2n) is 9.56. The van der Waals surface area contributed by atoms with E-state index in [9.17, 15) is 17.6 Å². The SMILES string of the molecule is CC(=O)c1c(OCCN2CCS(=O)(=O)CC2)c(OCCC(C)c2ccc(F)cc2)c2oc(C)nc2c1C. The predicted molar refractivity (Wildman–Crippen MR) is 139 cm³/mol. The predicted octanol–water partition coefficient (Wildman–Crippen LogP) is 4.47. The van der Waals surface area contributed by atoms with Crippen LogP contribution < -0.4 is 9.47 Å². The van der Waals surface area contributed by atoms with Crippen molar-refractivity contribution < 1.29 is 31.5 Å². The maximum absolute atomic E-state index is 13.3. The number of rotatable bonds is 10. The Morgan fingerprint density at radius 3 is 2.41 bits per heavy atom. The van der Waals surface area contributed by atoms with Crippen molar-refractivity contribution in [3.63, 3.8) is 0 Å². The molecule has 0 aliphatic carbocycles. The third-order valence-electron chi connectivity index (χ3n) is 6.78. The van der Waals surface area contributed by atoms with E-state index in [1.807, 2.05) is 18.7 Å². The zero-order chi connectivity index (χ0) is 26.7. The van der Waals surface area contributed by atoms with Crippen LogP contribution >= 0.6 is 0 Å². The maximum atomic E-state index is 13.3. The van der Waals surface area contributed by atoms with Crippen LogP contribution in [0.4, 0.5) is 4.39 Å². The van der Waals surface area contributed by atoms with Gasteiger partial charge in [0.1, 0.15) is 17.9 Å². The van der Waals surface area contributed by atoms with E-state index in [0.29, 0.717) is 72.3 Å². The van der Waals surface area contributed by atoms with Crippen LogP contribution in [0.15, 0.2) is 28.7 Å². The molecule has 4 rings (SSSR count). The molecule has 1 aliphatic heterocycles. The van der Waals surface area contributed by atoms with E-state index in [0.717, 1.165) is 5.56 Å². The molecule has 1 unspecified atom stereocenters. The molecular weight excluding hydrogens is 499 g/mol. The number of aryl methyl sites for hydroxylation is 2. The van der Waals surface area contributed by atoms with Gasteiger partial charge in [-0.05, 0) is 49.4 Å². The Labute approximate surface area is 216 Å². The normalized spacial score (nSPS) is 16.6. The van der Waals surface area contributed by atoms with Crippen LogP contribution in [0.25, 0.3) is 11.1 Å². The van der Waals surface area contributed by atoms with Crippen molar-refractivity contribution in [2.75, 3.05) is 44.4 Å². The summed E-state index contributed by atoms with van der Waals surface area (Å²) in [6.07, 6.45) is 0.644. The van der Waals surface area contributed by atoms with Crippen LogP contribution in [-0.2, 0) is 9.84 Å². The molecule has 0 amide bonds. The monoisotopic (exact) mass is 532 g/mol.